The largest absolute Gasteiger partial charge is 0.456 e. The van der Waals surface area contributed by atoms with Crippen LogP contribution in [0.3, 0.4) is 0 Å². The molecule has 294 valence electrons. The zero-order valence-corrected chi connectivity index (χ0v) is 34.6. The van der Waals surface area contributed by atoms with E-state index in [1.165, 1.54) is 47.8 Å². The number of hydrogen-bond acceptors (Lipinski definition) is 5. The predicted molar refractivity (Wildman–Crippen MR) is 262 cm³/mol. The van der Waals surface area contributed by atoms with Gasteiger partial charge < -0.3 is 8.98 Å². The van der Waals surface area contributed by atoms with Crippen LogP contribution >= 0.6 is 11.3 Å². The van der Waals surface area contributed by atoms with E-state index in [1.54, 1.807) is 11.3 Å². The Balaban J connectivity index is 0.971. The minimum absolute atomic E-state index is 0.584. The summed E-state index contributed by atoms with van der Waals surface area (Å²) in [6.07, 6.45) is 0. The quantitative estimate of drug-likeness (QED) is 0.168. The number of thiophene rings is 1. The molecule has 0 radical (unpaired) electrons. The molecule has 13 rings (SSSR count). The van der Waals surface area contributed by atoms with Gasteiger partial charge in [0.25, 0.3) is 0 Å². The molecule has 63 heavy (non-hydrogen) atoms. The summed E-state index contributed by atoms with van der Waals surface area (Å²) in [6.45, 7) is 0. The Morgan fingerprint density at radius 3 is 1.76 bits per heavy atom. The molecular weight excluding hydrogens is 789 g/mol. The minimum Gasteiger partial charge on any atom is -0.456 e. The normalized spacial score (nSPS) is 11.8. The monoisotopic (exact) mass is 822 g/mol. The number of nitrogens with zero attached hydrogens (tertiary/aromatic N) is 4. The van der Waals surface area contributed by atoms with Gasteiger partial charge in [-0.2, -0.15) is 0 Å². The first kappa shape index (κ1) is 35.6. The average Bonchev–Trinajstić information content (AvgIpc) is 4.03. The third kappa shape index (κ3) is 5.80. The Kier molecular flexibility index (Phi) is 8.01. The van der Waals surface area contributed by atoms with E-state index >= 15 is 0 Å². The van der Waals surface area contributed by atoms with Crippen molar-refractivity contribution in [2.45, 2.75) is 0 Å². The van der Waals surface area contributed by atoms with Crippen LogP contribution in [0.2, 0.25) is 0 Å². The SMILES string of the molecule is c1ccc(-c2ccc3c(c2)sc2cccc(-c4nc(-c5ccccc5)nc(-c5ccc6c(c5)oc5cccc(-n7c8ccccc8c8cc(-c9ccccc9)ccc87)c56)n4)c23)cc1. The Bertz CT molecular complexity index is 3910. The van der Waals surface area contributed by atoms with E-state index in [0.29, 0.717) is 17.5 Å². The van der Waals surface area contributed by atoms with E-state index in [-0.39, 0.29) is 0 Å². The van der Waals surface area contributed by atoms with E-state index in [4.69, 9.17) is 19.4 Å². The summed E-state index contributed by atoms with van der Waals surface area (Å²) in [6, 6.07) is 72.6. The van der Waals surface area contributed by atoms with Gasteiger partial charge in [0.15, 0.2) is 17.5 Å². The van der Waals surface area contributed by atoms with Gasteiger partial charge in [0.1, 0.15) is 11.2 Å². The number of furan rings is 1. The summed E-state index contributed by atoms with van der Waals surface area (Å²) in [5, 5.41) is 6.84. The molecule has 13 aromatic rings. The first-order valence-corrected chi connectivity index (χ1v) is 21.9. The van der Waals surface area contributed by atoms with Crippen LogP contribution < -0.4 is 0 Å². The molecule has 0 aliphatic rings. The van der Waals surface area contributed by atoms with Crippen LogP contribution in [-0.4, -0.2) is 19.5 Å². The highest BCUT2D eigenvalue weighted by atomic mass is 32.1. The summed E-state index contributed by atoms with van der Waals surface area (Å²) < 4.78 is 11.5. The molecule has 9 aromatic carbocycles. The average molecular weight is 823 g/mol. The maximum Gasteiger partial charge on any atom is 0.164 e. The third-order valence-corrected chi connectivity index (χ3v) is 13.4. The molecule has 0 unspecified atom stereocenters. The molecule has 0 N–H and O–H groups in total. The van der Waals surface area contributed by atoms with Crippen molar-refractivity contribution < 1.29 is 4.42 Å². The fraction of sp³-hybridized carbons (Fsp3) is 0. The number of hydrogen-bond donors (Lipinski definition) is 0. The van der Waals surface area contributed by atoms with Crippen LogP contribution in [-0.2, 0) is 0 Å². The fourth-order valence-electron chi connectivity index (χ4n) is 9.34. The van der Waals surface area contributed by atoms with Crippen molar-refractivity contribution in [3.8, 4) is 62.1 Å². The standard InChI is InChI=1S/C57H34N4OS/c1-4-14-35(15-5-1)38-28-31-47-45(32-38)41-20-10-11-22-46(41)61(47)48-23-13-24-49-54(48)42-29-27-40(33-50(42)62-49)56-58-55(37-18-8-3-9-19-37)59-57(60-56)44-21-12-25-51-53(44)43-30-26-39(34-52(43)63-51)36-16-6-2-7-17-36/h1-34H. The molecule has 0 saturated heterocycles. The molecular formula is C57H34N4OS. The summed E-state index contributed by atoms with van der Waals surface area (Å²) in [5.74, 6) is 1.83. The number of benzene rings is 9. The van der Waals surface area contributed by atoms with E-state index in [9.17, 15) is 0 Å². The fourth-order valence-corrected chi connectivity index (χ4v) is 10.5. The van der Waals surface area contributed by atoms with Gasteiger partial charge in [-0.15, -0.1) is 11.3 Å². The van der Waals surface area contributed by atoms with Gasteiger partial charge in [0, 0.05) is 53.0 Å². The lowest BCUT2D eigenvalue weighted by atomic mass is 10.0. The van der Waals surface area contributed by atoms with Gasteiger partial charge in [-0.1, -0.05) is 152 Å². The molecule has 0 aliphatic carbocycles. The van der Waals surface area contributed by atoms with Crippen LogP contribution in [0.25, 0.3) is 126 Å². The van der Waals surface area contributed by atoms with E-state index in [0.717, 1.165) is 60.7 Å². The lowest BCUT2D eigenvalue weighted by molar-refractivity contribution is 0.669. The summed E-state index contributed by atoms with van der Waals surface area (Å²) >= 11 is 1.80. The molecule has 6 heteroatoms. The van der Waals surface area contributed by atoms with Crippen molar-refractivity contribution in [1.82, 2.24) is 19.5 Å². The zero-order valence-electron chi connectivity index (χ0n) is 33.7. The molecule has 5 nitrogen and oxygen atoms in total. The number of aromatic nitrogens is 4. The molecule has 0 bridgehead atoms. The second-order valence-corrected chi connectivity index (χ2v) is 17.0. The Morgan fingerprint density at radius 2 is 0.968 bits per heavy atom. The van der Waals surface area contributed by atoms with Crippen LogP contribution in [0, 0.1) is 0 Å². The predicted octanol–water partition coefficient (Wildman–Crippen LogP) is 15.6. The van der Waals surface area contributed by atoms with E-state index in [1.807, 2.05) is 18.2 Å². The molecule has 0 aliphatic heterocycles. The van der Waals surface area contributed by atoms with Gasteiger partial charge in [-0.05, 0) is 76.9 Å². The molecule has 0 atom stereocenters. The highest BCUT2D eigenvalue weighted by Crippen LogP contribution is 2.43. The highest BCUT2D eigenvalue weighted by molar-refractivity contribution is 7.26. The highest BCUT2D eigenvalue weighted by Gasteiger charge is 2.21. The summed E-state index contributed by atoms with van der Waals surface area (Å²) in [4.78, 5) is 15.5. The van der Waals surface area contributed by atoms with Gasteiger partial charge in [-0.3, -0.25) is 0 Å². The van der Waals surface area contributed by atoms with Crippen molar-refractivity contribution in [1.29, 1.82) is 0 Å². The molecule has 0 spiro atoms. The lowest BCUT2D eigenvalue weighted by Gasteiger charge is -2.10. The lowest BCUT2D eigenvalue weighted by Crippen LogP contribution is -2.00. The summed E-state index contributed by atoms with van der Waals surface area (Å²) in [5.41, 5.74) is 12.5. The van der Waals surface area contributed by atoms with Crippen LogP contribution in [0.5, 0.6) is 0 Å². The van der Waals surface area contributed by atoms with Crippen LogP contribution in [0.4, 0.5) is 0 Å². The second kappa shape index (κ2) is 14.2. The minimum atomic E-state index is 0.584. The van der Waals surface area contributed by atoms with E-state index in [2.05, 4.69) is 193 Å². The molecule has 0 amide bonds. The zero-order chi connectivity index (χ0) is 41.4. The molecule has 4 heterocycles. The molecule has 0 saturated carbocycles. The third-order valence-electron chi connectivity index (χ3n) is 12.3. The van der Waals surface area contributed by atoms with Crippen molar-refractivity contribution in [3.05, 3.63) is 206 Å². The smallest absolute Gasteiger partial charge is 0.164 e. The second-order valence-electron chi connectivity index (χ2n) is 15.9. The first-order chi connectivity index (χ1) is 31.2. The first-order valence-electron chi connectivity index (χ1n) is 21.1. The number of rotatable bonds is 6. The van der Waals surface area contributed by atoms with Crippen molar-refractivity contribution >= 4 is 75.3 Å². The van der Waals surface area contributed by atoms with Crippen molar-refractivity contribution in [2.24, 2.45) is 0 Å². The Hall–Kier alpha value is -8.19. The molecule has 4 aromatic heterocycles. The Morgan fingerprint density at radius 1 is 0.349 bits per heavy atom. The molecule has 0 fully saturated rings. The maximum atomic E-state index is 6.74. The van der Waals surface area contributed by atoms with Crippen molar-refractivity contribution in [3.63, 3.8) is 0 Å². The number of para-hydroxylation sites is 1. The summed E-state index contributed by atoms with van der Waals surface area (Å²) in [7, 11) is 0. The van der Waals surface area contributed by atoms with Gasteiger partial charge in [-0.25, -0.2) is 15.0 Å². The number of fused-ring (bicyclic) bond motifs is 9. The van der Waals surface area contributed by atoms with Crippen LogP contribution in [0.1, 0.15) is 0 Å². The maximum absolute atomic E-state index is 6.74. The van der Waals surface area contributed by atoms with Crippen molar-refractivity contribution in [2.75, 3.05) is 0 Å². The Labute approximate surface area is 365 Å². The van der Waals surface area contributed by atoms with Gasteiger partial charge in [0.05, 0.1) is 22.1 Å². The van der Waals surface area contributed by atoms with Gasteiger partial charge >= 0.3 is 0 Å². The van der Waals surface area contributed by atoms with Crippen LogP contribution in [0.15, 0.2) is 211 Å². The van der Waals surface area contributed by atoms with Gasteiger partial charge in [0.2, 0.25) is 0 Å². The van der Waals surface area contributed by atoms with E-state index < -0.39 is 0 Å². The topological polar surface area (TPSA) is 56.7 Å².